The molecule has 11 nitrogen and oxygen atoms in total. The number of methoxy groups -OCH3 is 2. The Bertz CT molecular complexity index is 2300. The van der Waals surface area contributed by atoms with E-state index in [9.17, 15) is 32.7 Å². The number of nitrogens with zero attached hydrogens (tertiary/aromatic N) is 3. The van der Waals surface area contributed by atoms with Crippen LogP contribution in [0.2, 0.25) is 10.0 Å². The van der Waals surface area contributed by atoms with Gasteiger partial charge in [-0.2, -0.15) is 18.2 Å². The topological polar surface area (TPSA) is 138 Å². The number of allylic oxidation sites excluding steroid dienone is 2. The normalized spacial score (nSPS) is 25.8. The van der Waals surface area contributed by atoms with Crippen LogP contribution >= 0.6 is 34.5 Å². The van der Waals surface area contributed by atoms with Crippen LogP contribution in [0, 0.1) is 23.7 Å². The van der Waals surface area contributed by atoms with E-state index in [1.807, 2.05) is 23.6 Å². The molecule has 4 aliphatic rings. The maximum Gasteiger partial charge on any atom is 0.417 e. The van der Waals surface area contributed by atoms with Gasteiger partial charge in [0.15, 0.2) is 5.82 Å². The summed E-state index contributed by atoms with van der Waals surface area (Å²) in [6.45, 7) is 0.0849. The van der Waals surface area contributed by atoms with Gasteiger partial charge < -0.3 is 14.6 Å². The van der Waals surface area contributed by atoms with E-state index in [2.05, 4.69) is 10.4 Å². The SMILES string of the molecule is COc1cc(O)cc(OC)c1[C@H]1C2=CC[C@@H]3C(=O)N(Cc4cccs4)C(=O)[C@@H]3[C@@H]2C[C@H]2C(=O)N(Nc3ncc(C(F)(F)F)cc3Cl)C(=O)[C@@]12c1ccc(Cl)cc1. The molecule has 2 N–H and O–H groups in total. The molecule has 0 unspecified atom stereocenters. The van der Waals surface area contributed by atoms with Crippen molar-refractivity contribution in [1.82, 2.24) is 14.9 Å². The van der Waals surface area contributed by atoms with Gasteiger partial charge in [0.05, 0.1) is 54.5 Å². The summed E-state index contributed by atoms with van der Waals surface area (Å²) in [6.07, 6.45) is -2.31. The third kappa shape index (κ3) is 5.73. The monoisotopic (exact) mass is 826 g/mol. The van der Waals surface area contributed by atoms with Gasteiger partial charge in [0.1, 0.15) is 17.2 Å². The number of phenols is 1. The van der Waals surface area contributed by atoms with Crippen molar-refractivity contribution in [2.75, 3.05) is 19.6 Å². The average molecular weight is 828 g/mol. The summed E-state index contributed by atoms with van der Waals surface area (Å²) in [5.41, 5.74) is 0.829. The second kappa shape index (κ2) is 13.8. The minimum atomic E-state index is -4.77. The van der Waals surface area contributed by atoms with Crippen molar-refractivity contribution in [2.45, 2.75) is 36.9 Å². The molecule has 56 heavy (non-hydrogen) atoms. The summed E-state index contributed by atoms with van der Waals surface area (Å²) in [6, 6.07) is 13.3. The number of amides is 4. The number of hydrogen-bond donors (Lipinski definition) is 2. The van der Waals surface area contributed by atoms with Crippen LogP contribution in [0.1, 0.15) is 40.3 Å². The molecule has 4 aromatic rings. The molecular weight excluding hydrogens is 796 g/mol. The van der Waals surface area contributed by atoms with Gasteiger partial charge >= 0.3 is 6.18 Å². The first-order chi connectivity index (χ1) is 26.7. The number of rotatable bonds is 8. The average Bonchev–Trinajstić information content (AvgIpc) is 3.83. The van der Waals surface area contributed by atoms with E-state index in [0.29, 0.717) is 33.4 Å². The largest absolute Gasteiger partial charge is 0.508 e. The highest BCUT2D eigenvalue weighted by Gasteiger charge is 2.71. The molecule has 2 aromatic carbocycles. The number of halogens is 5. The summed E-state index contributed by atoms with van der Waals surface area (Å²) in [5, 5.41) is 13.1. The van der Waals surface area contributed by atoms with Gasteiger partial charge in [-0.1, -0.05) is 53.1 Å². The van der Waals surface area contributed by atoms with Gasteiger partial charge in [-0.3, -0.25) is 29.5 Å². The number of carbonyl (C=O) groups excluding carboxylic acids is 4. The van der Waals surface area contributed by atoms with Crippen LogP contribution < -0.4 is 14.9 Å². The maximum atomic E-state index is 15.5. The van der Waals surface area contributed by atoms with E-state index in [1.165, 1.54) is 42.6 Å². The zero-order valence-corrected chi connectivity index (χ0v) is 31.8. The minimum absolute atomic E-state index is 0.0718. The highest BCUT2D eigenvalue weighted by molar-refractivity contribution is 7.09. The number of thiophene rings is 1. The summed E-state index contributed by atoms with van der Waals surface area (Å²) in [5.74, 6) is -7.49. The fraction of sp³-hybridized carbons (Fsp3) is 0.308. The number of hydrogen-bond acceptors (Lipinski definition) is 10. The first kappa shape index (κ1) is 37.8. The smallest absolute Gasteiger partial charge is 0.417 e. The number of nitrogens with one attached hydrogen (secondary N) is 1. The standard InChI is InChI=1S/C39H31Cl2F3N4O7S/c1-54-28-13-21(49)14-29(55-2)31(28)32-23-9-10-24-30(36(52)47(34(24)50)17-22-4-3-11-56-22)25(23)15-26-35(51)48(37(53)38(26,32)18-5-7-20(40)8-6-18)46-33-27(41)12-19(16-45-33)39(42,43)44/h3-9,11-14,16,24-26,30,32,49H,10,15,17H2,1-2H3,(H,45,46)/t24-,25+,26-,30-,32+,38+/m0/s1. The first-order valence-electron chi connectivity index (χ1n) is 17.4. The molecule has 8 rings (SSSR count). The van der Waals surface area contributed by atoms with E-state index in [0.717, 1.165) is 4.88 Å². The van der Waals surface area contributed by atoms with Crippen molar-refractivity contribution >= 4 is 64.0 Å². The Morgan fingerprint density at radius 1 is 0.982 bits per heavy atom. The highest BCUT2D eigenvalue weighted by Crippen LogP contribution is 2.66. The minimum Gasteiger partial charge on any atom is -0.508 e. The molecule has 4 heterocycles. The van der Waals surface area contributed by atoms with Crippen LogP contribution in [0.5, 0.6) is 17.2 Å². The van der Waals surface area contributed by atoms with Crippen molar-refractivity contribution in [1.29, 1.82) is 0 Å². The Labute approximate surface area is 331 Å². The quantitative estimate of drug-likeness (QED) is 0.138. The highest BCUT2D eigenvalue weighted by atomic mass is 35.5. The molecule has 0 radical (unpaired) electrons. The van der Waals surface area contributed by atoms with Crippen molar-refractivity contribution in [3.05, 3.63) is 109 Å². The molecule has 6 atom stereocenters. The number of anilines is 1. The van der Waals surface area contributed by atoms with Crippen LogP contribution in [0.3, 0.4) is 0 Å². The van der Waals surface area contributed by atoms with Crippen molar-refractivity contribution < 1.29 is 46.9 Å². The van der Waals surface area contributed by atoms with E-state index in [4.69, 9.17) is 32.7 Å². The van der Waals surface area contributed by atoms with Crippen LogP contribution in [0.15, 0.2) is 77.8 Å². The van der Waals surface area contributed by atoms with Crippen LogP contribution in [-0.4, -0.2) is 57.8 Å². The molecule has 1 saturated carbocycles. The Hall–Kier alpha value is -5.12. The second-order valence-electron chi connectivity index (χ2n) is 14.0. The third-order valence-corrected chi connectivity index (χ3v) is 12.8. The number of ether oxygens (including phenoxy) is 2. The molecule has 0 bridgehead atoms. The lowest BCUT2D eigenvalue weighted by Gasteiger charge is -2.51. The van der Waals surface area contributed by atoms with Crippen LogP contribution in [-0.2, 0) is 37.3 Å². The van der Waals surface area contributed by atoms with E-state index < -0.39 is 69.5 Å². The van der Waals surface area contributed by atoms with E-state index in [1.54, 1.807) is 24.3 Å². The van der Waals surface area contributed by atoms with Gasteiger partial charge in [-0.15, -0.1) is 11.3 Å². The lowest BCUT2D eigenvalue weighted by atomic mass is 9.49. The number of benzene rings is 2. The number of aromatic hydroxyl groups is 1. The van der Waals surface area contributed by atoms with E-state index in [-0.39, 0.29) is 53.9 Å². The fourth-order valence-electron chi connectivity index (χ4n) is 9.09. The summed E-state index contributed by atoms with van der Waals surface area (Å²) < 4.78 is 52.2. The predicted octanol–water partition coefficient (Wildman–Crippen LogP) is 7.38. The van der Waals surface area contributed by atoms with Gasteiger partial charge in [-0.25, -0.2) is 4.98 Å². The molecule has 3 fully saturated rings. The summed E-state index contributed by atoms with van der Waals surface area (Å²) in [4.78, 5) is 64.7. The first-order valence-corrected chi connectivity index (χ1v) is 19.0. The Balaban J connectivity index is 1.34. The summed E-state index contributed by atoms with van der Waals surface area (Å²) >= 11 is 14.0. The number of aromatic nitrogens is 1. The molecule has 2 saturated heterocycles. The number of imide groups is 2. The van der Waals surface area contributed by atoms with Gasteiger partial charge in [-0.05, 0) is 54.0 Å². The zero-order valence-electron chi connectivity index (χ0n) is 29.5. The molecule has 2 aromatic heterocycles. The summed E-state index contributed by atoms with van der Waals surface area (Å²) in [7, 11) is 2.73. The predicted molar refractivity (Wildman–Crippen MR) is 198 cm³/mol. The molecule has 2 aliphatic heterocycles. The van der Waals surface area contributed by atoms with Gasteiger partial charge in [0, 0.05) is 39.7 Å². The molecule has 17 heteroatoms. The van der Waals surface area contributed by atoms with Crippen molar-refractivity contribution in [3.63, 3.8) is 0 Å². The van der Waals surface area contributed by atoms with Gasteiger partial charge in [0.2, 0.25) is 11.8 Å². The maximum absolute atomic E-state index is 15.5. The third-order valence-electron chi connectivity index (χ3n) is 11.4. The molecule has 4 amide bonds. The molecular formula is C39H31Cl2F3N4O7S. The molecule has 2 aliphatic carbocycles. The lowest BCUT2D eigenvalue weighted by Crippen LogP contribution is -2.53. The fourth-order valence-corrected chi connectivity index (χ4v) is 10.1. The van der Waals surface area contributed by atoms with E-state index >= 15 is 4.79 Å². The number of likely N-dealkylation sites (tertiary alicyclic amines) is 1. The Kier molecular flexibility index (Phi) is 9.32. The number of alkyl halides is 3. The van der Waals surface area contributed by atoms with Crippen molar-refractivity contribution in [3.8, 4) is 17.2 Å². The number of fused-ring (bicyclic) bond motifs is 4. The van der Waals surface area contributed by atoms with Crippen molar-refractivity contribution in [2.24, 2.45) is 23.7 Å². The lowest BCUT2D eigenvalue weighted by molar-refractivity contribution is -0.142. The number of carbonyl (C=O) groups is 4. The van der Waals surface area contributed by atoms with Crippen LogP contribution in [0.25, 0.3) is 0 Å². The molecule has 290 valence electrons. The number of phenolic OH excluding ortho intramolecular Hbond substituents is 1. The van der Waals surface area contributed by atoms with Gasteiger partial charge in [0.25, 0.3) is 11.8 Å². The number of hydrazine groups is 1. The second-order valence-corrected chi connectivity index (χ2v) is 15.9. The Morgan fingerprint density at radius 2 is 1.68 bits per heavy atom. The number of pyridine rings is 1. The zero-order chi connectivity index (χ0) is 39.8. The Morgan fingerprint density at radius 3 is 2.29 bits per heavy atom. The van der Waals surface area contributed by atoms with Crippen LogP contribution in [0.4, 0.5) is 19.0 Å². The molecule has 0 spiro atoms.